The van der Waals surface area contributed by atoms with Gasteiger partial charge in [0.05, 0.1) is 6.10 Å². The maximum atomic E-state index is 12.8. The van der Waals surface area contributed by atoms with E-state index >= 15 is 0 Å². The molecule has 1 atom stereocenters. The van der Waals surface area contributed by atoms with Crippen LogP contribution in [-0.4, -0.2) is 35.1 Å². The minimum absolute atomic E-state index is 0.234. The summed E-state index contributed by atoms with van der Waals surface area (Å²) in [4.78, 5) is 26.8. The number of H-pyrrole nitrogens is 1. The summed E-state index contributed by atoms with van der Waals surface area (Å²) >= 11 is 0. The van der Waals surface area contributed by atoms with Gasteiger partial charge in [0.25, 0.3) is 5.91 Å². The number of rotatable bonds is 7. The van der Waals surface area contributed by atoms with Crippen LogP contribution in [0.3, 0.4) is 0 Å². The van der Waals surface area contributed by atoms with E-state index in [9.17, 15) is 19.1 Å². The Morgan fingerprint density at radius 3 is 2.50 bits per heavy atom. The normalized spacial score (nSPS) is 11.9. The Hall–Kier alpha value is -2.67. The van der Waals surface area contributed by atoms with Gasteiger partial charge in [-0.2, -0.15) is 0 Å². The zero-order valence-electron chi connectivity index (χ0n) is 15.1. The van der Waals surface area contributed by atoms with E-state index in [-0.39, 0.29) is 11.5 Å². The van der Waals surface area contributed by atoms with Crippen LogP contribution in [0.25, 0.3) is 0 Å². The number of hydrogen-bond acceptors (Lipinski definition) is 4. The van der Waals surface area contributed by atoms with Crippen molar-refractivity contribution in [3.8, 4) is 0 Å². The predicted molar refractivity (Wildman–Crippen MR) is 94.3 cm³/mol. The highest BCUT2D eigenvalue weighted by molar-refractivity contribution is 5.91. The summed E-state index contributed by atoms with van der Waals surface area (Å²) in [5.74, 6) is -1.37. The fourth-order valence-corrected chi connectivity index (χ4v) is 2.85. The van der Waals surface area contributed by atoms with Crippen molar-refractivity contribution in [3.63, 3.8) is 0 Å². The third-order valence-corrected chi connectivity index (χ3v) is 4.10. The molecule has 1 aromatic carbocycles. The third kappa shape index (κ3) is 4.92. The number of nitrogens with one attached hydrogen (secondary N) is 2. The number of halogens is 1. The number of aromatic nitrogens is 1. The van der Waals surface area contributed by atoms with Crippen molar-refractivity contribution in [2.75, 3.05) is 13.2 Å². The highest BCUT2D eigenvalue weighted by Crippen LogP contribution is 2.24. The van der Waals surface area contributed by atoms with Gasteiger partial charge in [-0.3, -0.25) is 4.79 Å². The maximum absolute atomic E-state index is 12.8. The van der Waals surface area contributed by atoms with Gasteiger partial charge in [0.1, 0.15) is 11.5 Å². The van der Waals surface area contributed by atoms with Gasteiger partial charge in [-0.25, -0.2) is 9.18 Å². The van der Waals surface area contributed by atoms with Crippen LogP contribution in [0.5, 0.6) is 0 Å². The molecule has 26 heavy (non-hydrogen) atoms. The second kappa shape index (κ2) is 8.62. The SMILES string of the molecule is Cc1[nH]c(C(=O)OCC(=O)NCCc2ccc(F)cc2)c(C)c1[C@@H](C)O. The quantitative estimate of drug-likeness (QED) is 0.659. The topological polar surface area (TPSA) is 91.4 Å². The first-order chi connectivity index (χ1) is 12.3. The molecular formula is C19H23FN2O4. The first-order valence-electron chi connectivity index (χ1n) is 8.35. The van der Waals surface area contributed by atoms with E-state index in [4.69, 9.17) is 4.74 Å². The Kier molecular flexibility index (Phi) is 6.52. The number of hydrogen-bond donors (Lipinski definition) is 3. The molecule has 0 saturated heterocycles. The lowest BCUT2D eigenvalue weighted by Gasteiger charge is -2.07. The Labute approximate surface area is 151 Å². The molecule has 2 rings (SSSR count). The number of aryl methyl sites for hydroxylation is 1. The van der Waals surface area contributed by atoms with Crippen molar-refractivity contribution in [1.29, 1.82) is 0 Å². The van der Waals surface area contributed by atoms with Crippen LogP contribution in [0.15, 0.2) is 24.3 Å². The molecule has 7 heteroatoms. The van der Waals surface area contributed by atoms with Crippen molar-refractivity contribution in [2.45, 2.75) is 33.3 Å². The molecular weight excluding hydrogens is 339 g/mol. The average molecular weight is 362 g/mol. The number of carbonyl (C=O) groups is 2. The molecule has 3 N–H and O–H groups in total. The number of aromatic amines is 1. The second-order valence-corrected chi connectivity index (χ2v) is 6.14. The van der Waals surface area contributed by atoms with Crippen molar-refractivity contribution in [1.82, 2.24) is 10.3 Å². The number of ether oxygens (including phenoxy) is 1. The molecule has 0 radical (unpaired) electrons. The summed E-state index contributed by atoms with van der Waals surface area (Å²) in [7, 11) is 0. The summed E-state index contributed by atoms with van der Waals surface area (Å²) in [6.45, 7) is 5.05. The van der Waals surface area contributed by atoms with Crippen LogP contribution in [0.1, 0.15) is 45.9 Å². The fourth-order valence-electron chi connectivity index (χ4n) is 2.85. The summed E-state index contributed by atoms with van der Waals surface area (Å²) in [6, 6.07) is 6.03. The Morgan fingerprint density at radius 1 is 1.27 bits per heavy atom. The zero-order chi connectivity index (χ0) is 19.3. The lowest BCUT2D eigenvalue weighted by molar-refractivity contribution is -0.124. The van der Waals surface area contributed by atoms with Gasteiger partial charge in [0, 0.05) is 17.8 Å². The molecule has 0 fully saturated rings. The number of amides is 1. The number of aliphatic hydroxyl groups is 1. The standard InChI is InChI=1S/C19H23FN2O4/c1-11-17(13(3)23)12(2)22-18(11)19(25)26-10-16(24)21-9-8-14-4-6-15(20)7-5-14/h4-7,13,22-23H,8-10H2,1-3H3,(H,21,24)/t13-/m1/s1. The Morgan fingerprint density at radius 2 is 1.92 bits per heavy atom. The lowest BCUT2D eigenvalue weighted by atomic mass is 10.1. The van der Waals surface area contributed by atoms with Crippen LogP contribution in [-0.2, 0) is 16.0 Å². The molecule has 0 bridgehead atoms. The van der Waals surface area contributed by atoms with Gasteiger partial charge in [0.2, 0.25) is 0 Å². The van der Waals surface area contributed by atoms with Crippen LogP contribution in [0.2, 0.25) is 0 Å². The fraction of sp³-hybridized carbons (Fsp3) is 0.368. The zero-order valence-corrected chi connectivity index (χ0v) is 15.1. The summed E-state index contributed by atoms with van der Waals surface area (Å²) < 4.78 is 17.8. The van der Waals surface area contributed by atoms with Crippen LogP contribution in [0, 0.1) is 19.7 Å². The van der Waals surface area contributed by atoms with Crippen molar-refractivity contribution in [2.24, 2.45) is 0 Å². The molecule has 0 aliphatic rings. The maximum Gasteiger partial charge on any atom is 0.355 e. The van der Waals surface area contributed by atoms with E-state index in [0.29, 0.717) is 29.8 Å². The van der Waals surface area contributed by atoms with Gasteiger partial charge >= 0.3 is 5.97 Å². The van der Waals surface area contributed by atoms with Gasteiger partial charge < -0.3 is 20.1 Å². The lowest BCUT2D eigenvalue weighted by Crippen LogP contribution is -2.30. The Bertz CT molecular complexity index is 782. The number of aliphatic hydroxyl groups excluding tert-OH is 1. The molecule has 6 nitrogen and oxygen atoms in total. The highest BCUT2D eigenvalue weighted by Gasteiger charge is 2.21. The Balaban J connectivity index is 1.81. The molecule has 140 valence electrons. The van der Waals surface area contributed by atoms with Crippen LogP contribution in [0.4, 0.5) is 4.39 Å². The largest absolute Gasteiger partial charge is 0.451 e. The highest BCUT2D eigenvalue weighted by atomic mass is 19.1. The van der Waals surface area contributed by atoms with Gasteiger partial charge in [-0.1, -0.05) is 12.1 Å². The van der Waals surface area contributed by atoms with Gasteiger partial charge in [-0.05, 0) is 50.5 Å². The summed E-state index contributed by atoms with van der Waals surface area (Å²) in [5, 5.41) is 12.4. The first-order valence-corrected chi connectivity index (χ1v) is 8.35. The minimum atomic E-state index is -0.706. The number of benzene rings is 1. The van der Waals surface area contributed by atoms with Crippen molar-refractivity contribution >= 4 is 11.9 Å². The first kappa shape index (κ1) is 19.7. The smallest absolute Gasteiger partial charge is 0.355 e. The molecule has 0 spiro atoms. The van der Waals surface area contributed by atoms with E-state index in [1.165, 1.54) is 12.1 Å². The molecule has 2 aromatic rings. The molecule has 0 unspecified atom stereocenters. The molecule has 1 heterocycles. The minimum Gasteiger partial charge on any atom is -0.451 e. The van der Waals surface area contributed by atoms with Crippen molar-refractivity contribution < 1.29 is 23.8 Å². The number of esters is 1. The molecule has 0 aliphatic heterocycles. The monoisotopic (exact) mass is 362 g/mol. The van der Waals surface area contributed by atoms with E-state index in [1.807, 2.05) is 0 Å². The van der Waals surface area contributed by atoms with Gasteiger partial charge in [0.15, 0.2) is 6.61 Å². The van der Waals surface area contributed by atoms with E-state index in [1.54, 1.807) is 32.9 Å². The second-order valence-electron chi connectivity index (χ2n) is 6.14. The average Bonchev–Trinajstić information content (AvgIpc) is 2.89. The summed E-state index contributed by atoms with van der Waals surface area (Å²) in [5.41, 5.74) is 3.08. The van der Waals surface area contributed by atoms with Crippen molar-refractivity contribution in [3.05, 3.63) is 58.2 Å². The molecule has 0 aliphatic carbocycles. The molecule has 1 aromatic heterocycles. The molecule has 0 saturated carbocycles. The van der Waals surface area contributed by atoms with E-state index in [0.717, 1.165) is 5.56 Å². The third-order valence-electron chi connectivity index (χ3n) is 4.10. The number of carbonyl (C=O) groups excluding carboxylic acids is 2. The molecule has 1 amide bonds. The van der Waals surface area contributed by atoms with E-state index in [2.05, 4.69) is 10.3 Å². The van der Waals surface area contributed by atoms with Crippen LogP contribution < -0.4 is 5.32 Å². The van der Waals surface area contributed by atoms with Gasteiger partial charge in [-0.15, -0.1) is 0 Å². The summed E-state index contributed by atoms with van der Waals surface area (Å²) in [6.07, 6.45) is -0.158. The van der Waals surface area contributed by atoms with E-state index < -0.39 is 24.6 Å². The predicted octanol–water partition coefficient (Wildman–Crippen LogP) is 2.34. The van der Waals surface area contributed by atoms with Crippen LogP contribution >= 0.6 is 0 Å².